The molecular weight excluding hydrogens is 913 g/mol. The molecule has 0 aromatic heterocycles. The molecule has 0 rings (SSSR count). The molecule has 0 aliphatic carbocycles. The van der Waals surface area contributed by atoms with E-state index in [1.54, 1.807) is 0 Å². The monoisotopic (exact) mass is 1030 g/mol. The Morgan fingerprint density at radius 1 is 0.284 bits per heavy atom. The van der Waals surface area contributed by atoms with Crippen LogP contribution in [0.1, 0.15) is 335 Å². The maximum absolute atomic E-state index is 12.8. The van der Waals surface area contributed by atoms with Crippen molar-refractivity contribution in [2.75, 3.05) is 13.2 Å². The summed E-state index contributed by atoms with van der Waals surface area (Å²) in [5, 5.41) is 0. The van der Waals surface area contributed by atoms with Crippen molar-refractivity contribution in [3.63, 3.8) is 0 Å². The average Bonchev–Trinajstić information content (AvgIpc) is 3.40. The summed E-state index contributed by atoms with van der Waals surface area (Å²) in [5.74, 6) is -0.851. The maximum atomic E-state index is 12.8. The number of ether oxygens (including phenoxy) is 3. The first-order valence-electron chi connectivity index (χ1n) is 32.3. The third-order valence-electron chi connectivity index (χ3n) is 14.3. The zero-order valence-electron chi connectivity index (χ0n) is 49.4. The molecule has 0 N–H and O–H groups in total. The third kappa shape index (κ3) is 60.0. The van der Waals surface area contributed by atoms with E-state index in [1.807, 2.05) is 0 Å². The summed E-state index contributed by atoms with van der Waals surface area (Å²) in [7, 11) is 0. The lowest BCUT2D eigenvalue weighted by Gasteiger charge is -2.18. The molecule has 430 valence electrons. The molecule has 0 spiro atoms. The topological polar surface area (TPSA) is 78.9 Å². The van der Waals surface area contributed by atoms with Crippen molar-refractivity contribution < 1.29 is 28.6 Å². The van der Waals surface area contributed by atoms with Crippen molar-refractivity contribution in [3.8, 4) is 0 Å². The highest BCUT2D eigenvalue weighted by molar-refractivity contribution is 5.71. The molecule has 74 heavy (non-hydrogen) atoms. The van der Waals surface area contributed by atoms with Crippen LogP contribution < -0.4 is 0 Å². The predicted octanol–water partition coefficient (Wildman–Crippen LogP) is 21.9. The molecule has 0 fully saturated rings. The first-order chi connectivity index (χ1) is 36.5. The molecule has 6 nitrogen and oxygen atoms in total. The predicted molar refractivity (Wildman–Crippen MR) is 321 cm³/mol. The second-order valence-corrected chi connectivity index (χ2v) is 21.7. The highest BCUT2D eigenvalue weighted by atomic mass is 16.6. The Morgan fingerprint density at radius 3 is 0.824 bits per heavy atom. The number of hydrogen-bond acceptors (Lipinski definition) is 6. The van der Waals surface area contributed by atoms with E-state index in [2.05, 4.69) is 81.5 Å². The Kier molecular flexibility index (Phi) is 60.2. The van der Waals surface area contributed by atoms with Crippen LogP contribution in [0, 0.1) is 0 Å². The van der Waals surface area contributed by atoms with Crippen LogP contribution in [0.4, 0.5) is 0 Å². The van der Waals surface area contributed by atoms with Crippen LogP contribution in [0.2, 0.25) is 0 Å². The van der Waals surface area contributed by atoms with Crippen LogP contribution in [-0.4, -0.2) is 37.2 Å². The lowest BCUT2D eigenvalue weighted by atomic mass is 10.0. The fourth-order valence-electron chi connectivity index (χ4n) is 9.47. The SMILES string of the molecule is CC/C=C\C/C=C\C/C=C\C/C=C\C/C=C\CCCCCCCCCCCCCCCCCCCCCC(=O)OCC(COC(=O)CCCCCCCCCCC)OC(=O)CCCCCCCCCCCCCC. The van der Waals surface area contributed by atoms with Gasteiger partial charge in [0, 0.05) is 19.3 Å². The minimum atomic E-state index is -0.765. The second-order valence-electron chi connectivity index (χ2n) is 21.7. The quantitative estimate of drug-likeness (QED) is 0.0261. The van der Waals surface area contributed by atoms with Gasteiger partial charge in [0.2, 0.25) is 0 Å². The summed E-state index contributed by atoms with van der Waals surface area (Å²) < 4.78 is 16.8. The smallest absolute Gasteiger partial charge is 0.306 e. The van der Waals surface area contributed by atoms with Gasteiger partial charge in [-0.05, 0) is 64.2 Å². The Bertz CT molecular complexity index is 1330. The van der Waals surface area contributed by atoms with Crippen LogP contribution in [0.3, 0.4) is 0 Å². The first-order valence-corrected chi connectivity index (χ1v) is 32.3. The first kappa shape index (κ1) is 71.1. The Labute approximate surface area is 460 Å². The fraction of sp³-hybridized carbons (Fsp3) is 0.809. The molecule has 0 aliphatic heterocycles. The van der Waals surface area contributed by atoms with Crippen molar-refractivity contribution in [1.29, 1.82) is 0 Å². The van der Waals surface area contributed by atoms with E-state index < -0.39 is 6.10 Å². The number of carbonyl (C=O) groups is 3. The Morgan fingerprint density at radius 2 is 0.527 bits per heavy atom. The number of carbonyl (C=O) groups excluding carboxylic acids is 3. The van der Waals surface area contributed by atoms with E-state index in [0.29, 0.717) is 19.3 Å². The number of hydrogen-bond donors (Lipinski definition) is 0. The molecule has 0 bridgehead atoms. The molecule has 0 saturated carbocycles. The number of allylic oxidation sites excluding steroid dienone is 10. The van der Waals surface area contributed by atoms with Gasteiger partial charge in [-0.25, -0.2) is 0 Å². The molecular formula is C68H122O6. The molecule has 0 amide bonds. The molecule has 0 aromatic rings. The van der Waals surface area contributed by atoms with Crippen molar-refractivity contribution in [2.24, 2.45) is 0 Å². The van der Waals surface area contributed by atoms with Gasteiger partial charge in [0.05, 0.1) is 0 Å². The zero-order valence-corrected chi connectivity index (χ0v) is 49.4. The van der Waals surface area contributed by atoms with Gasteiger partial charge in [-0.1, -0.05) is 313 Å². The van der Waals surface area contributed by atoms with Crippen LogP contribution in [0.15, 0.2) is 60.8 Å². The summed E-state index contributed by atoms with van der Waals surface area (Å²) >= 11 is 0. The molecule has 0 saturated heterocycles. The van der Waals surface area contributed by atoms with E-state index in [0.717, 1.165) is 89.9 Å². The highest BCUT2D eigenvalue weighted by Crippen LogP contribution is 2.17. The summed E-state index contributed by atoms with van der Waals surface area (Å²) in [6.07, 6.45) is 79.8. The molecule has 0 radical (unpaired) electrons. The van der Waals surface area contributed by atoms with E-state index in [9.17, 15) is 14.4 Å². The largest absolute Gasteiger partial charge is 0.462 e. The minimum Gasteiger partial charge on any atom is -0.462 e. The van der Waals surface area contributed by atoms with Gasteiger partial charge in [-0.15, -0.1) is 0 Å². The van der Waals surface area contributed by atoms with Gasteiger partial charge < -0.3 is 14.2 Å². The van der Waals surface area contributed by atoms with Gasteiger partial charge in [0.15, 0.2) is 6.10 Å². The number of unbranched alkanes of at least 4 members (excludes halogenated alkanes) is 38. The average molecular weight is 1040 g/mol. The minimum absolute atomic E-state index is 0.0667. The third-order valence-corrected chi connectivity index (χ3v) is 14.3. The molecule has 0 aromatic carbocycles. The molecule has 1 atom stereocenters. The van der Waals surface area contributed by atoms with Crippen molar-refractivity contribution in [1.82, 2.24) is 0 Å². The lowest BCUT2D eigenvalue weighted by molar-refractivity contribution is -0.167. The normalized spacial score (nSPS) is 12.4. The maximum Gasteiger partial charge on any atom is 0.306 e. The standard InChI is InChI=1S/C68H122O6/c1-4-7-10-13-16-19-21-23-24-25-26-27-28-29-30-31-32-33-34-35-36-37-38-39-40-41-42-43-44-45-47-49-52-55-58-61-67(70)73-64-65(63-72-66(69)60-57-54-51-48-18-15-12-9-6-3)74-68(71)62-59-56-53-50-46-22-20-17-14-11-8-5-2/h7,10,16,19,23-24,26-27,29-30,65H,4-6,8-9,11-15,17-18,20-22,25,28,31-64H2,1-3H3/b10-7-,19-16-,24-23-,27-26-,30-29-. The number of esters is 3. The van der Waals surface area contributed by atoms with Gasteiger partial charge in [-0.3, -0.25) is 14.4 Å². The zero-order chi connectivity index (χ0) is 53.6. The fourth-order valence-corrected chi connectivity index (χ4v) is 9.47. The number of rotatable bonds is 59. The van der Waals surface area contributed by atoms with Crippen molar-refractivity contribution in [3.05, 3.63) is 60.8 Å². The summed E-state index contributed by atoms with van der Waals surface area (Å²) in [6, 6.07) is 0. The van der Waals surface area contributed by atoms with Gasteiger partial charge in [-0.2, -0.15) is 0 Å². The summed E-state index contributed by atoms with van der Waals surface area (Å²) in [6.45, 7) is 6.54. The van der Waals surface area contributed by atoms with E-state index >= 15 is 0 Å². The Hall–Kier alpha value is -2.89. The van der Waals surface area contributed by atoms with Crippen LogP contribution in [-0.2, 0) is 28.6 Å². The van der Waals surface area contributed by atoms with E-state index in [-0.39, 0.29) is 31.1 Å². The molecule has 1 unspecified atom stereocenters. The van der Waals surface area contributed by atoms with Gasteiger partial charge >= 0.3 is 17.9 Å². The van der Waals surface area contributed by atoms with Gasteiger partial charge in [0.1, 0.15) is 13.2 Å². The van der Waals surface area contributed by atoms with Crippen molar-refractivity contribution >= 4 is 17.9 Å². The molecule has 0 heterocycles. The van der Waals surface area contributed by atoms with Crippen LogP contribution >= 0.6 is 0 Å². The highest BCUT2D eigenvalue weighted by Gasteiger charge is 2.19. The second kappa shape index (κ2) is 62.6. The Balaban J connectivity index is 3.96. The van der Waals surface area contributed by atoms with E-state index in [1.165, 1.54) is 205 Å². The molecule has 0 aliphatic rings. The van der Waals surface area contributed by atoms with Crippen molar-refractivity contribution in [2.45, 2.75) is 341 Å². The van der Waals surface area contributed by atoms with Gasteiger partial charge in [0.25, 0.3) is 0 Å². The van der Waals surface area contributed by atoms with Crippen LogP contribution in [0.5, 0.6) is 0 Å². The lowest BCUT2D eigenvalue weighted by Crippen LogP contribution is -2.30. The molecule has 6 heteroatoms. The summed E-state index contributed by atoms with van der Waals surface area (Å²) in [4.78, 5) is 38.0. The van der Waals surface area contributed by atoms with Crippen LogP contribution in [0.25, 0.3) is 0 Å². The van der Waals surface area contributed by atoms with E-state index in [4.69, 9.17) is 14.2 Å². The summed E-state index contributed by atoms with van der Waals surface area (Å²) in [5.41, 5.74) is 0.